The Hall–Kier alpha value is -3.54. The molecule has 0 radical (unpaired) electrons. The second-order valence-electron chi connectivity index (χ2n) is 9.05. The van der Waals surface area contributed by atoms with Gasteiger partial charge in [0.05, 0.1) is 31.4 Å². The quantitative estimate of drug-likeness (QED) is 0.563. The third-order valence-electron chi connectivity index (χ3n) is 6.19. The van der Waals surface area contributed by atoms with Crippen LogP contribution in [0.25, 0.3) is 0 Å². The van der Waals surface area contributed by atoms with E-state index in [1.807, 2.05) is 34.6 Å². The summed E-state index contributed by atoms with van der Waals surface area (Å²) in [6, 6.07) is 7.88. The maximum absolute atomic E-state index is 12.8. The Morgan fingerprint density at radius 1 is 0.765 bits per heavy atom. The maximum atomic E-state index is 12.8. The highest BCUT2D eigenvalue weighted by atomic mass is 16.5. The Morgan fingerprint density at radius 2 is 1.24 bits per heavy atom. The van der Waals surface area contributed by atoms with Crippen molar-refractivity contribution in [3.05, 3.63) is 80.6 Å². The number of hydrogen-bond acceptors (Lipinski definition) is 6. The van der Waals surface area contributed by atoms with Gasteiger partial charge >= 0.3 is 11.9 Å². The van der Waals surface area contributed by atoms with Crippen LogP contribution in [0.5, 0.6) is 0 Å². The number of carbonyl (C=O) groups excluding carboxylic acids is 2. The predicted octanol–water partition coefficient (Wildman–Crippen LogP) is 5.36. The lowest BCUT2D eigenvalue weighted by Crippen LogP contribution is -2.34. The number of anilines is 2. The maximum Gasteiger partial charge on any atom is 0.335 e. The number of benzene rings is 2. The monoisotopic (exact) mass is 462 g/mol. The van der Waals surface area contributed by atoms with E-state index in [2.05, 4.69) is 41.8 Å². The van der Waals surface area contributed by atoms with E-state index in [0.717, 1.165) is 39.2 Å². The molecule has 3 rings (SSSR count). The first-order valence-corrected chi connectivity index (χ1v) is 11.4. The molecule has 0 aliphatic heterocycles. The summed E-state index contributed by atoms with van der Waals surface area (Å²) in [5.41, 5.74) is 9.85. The van der Waals surface area contributed by atoms with Crippen LogP contribution in [-0.4, -0.2) is 32.2 Å². The van der Waals surface area contributed by atoms with Gasteiger partial charge in [-0.25, -0.2) is 9.59 Å². The van der Waals surface area contributed by atoms with Crippen molar-refractivity contribution in [1.82, 2.24) is 0 Å². The number of carbonyl (C=O) groups is 2. The van der Waals surface area contributed by atoms with Crippen LogP contribution in [0, 0.1) is 41.5 Å². The van der Waals surface area contributed by atoms with E-state index in [1.165, 1.54) is 19.8 Å². The SMILES string of the molecule is COC(=O)C1=CC(Nc2c(C)cc(C)cc2C)=C(C(=O)OC)CC1Nc1c(C)cc(C)cc1C. The van der Waals surface area contributed by atoms with E-state index in [4.69, 9.17) is 9.47 Å². The fourth-order valence-electron chi connectivity index (χ4n) is 4.74. The van der Waals surface area contributed by atoms with Crippen molar-refractivity contribution in [3.8, 4) is 0 Å². The summed E-state index contributed by atoms with van der Waals surface area (Å²) < 4.78 is 10.2. The van der Waals surface area contributed by atoms with Gasteiger partial charge in [0.2, 0.25) is 0 Å². The van der Waals surface area contributed by atoms with Crippen molar-refractivity contribution < 1.29 is 19.1 Å². The van der Waals surface area contributed by atoms with Crippen molar-refractivity contribution in [3.63, 3.8) is 0 Å². The molecule has 0 saturated heterocycles. The number of nitrogens with one attached hydrogen (secondary N) is 2. The molecule has 6 nitrogen and oxygen atoms in total. The second kappa shape index (κ2) is 10.2. The lowest BCUT2D eigenvalue weighted by molar-refractivity contribution is -0.138. The van der Waals surface area contributed by atoms with E-state index in [-0.39, 0.29) is 6.42 Å². The Morgan fingerprint density at radius 3 is 1.71 bits per heavy atom. The molecule has 1 aliphatic rings. The smallest absolute Gasteiger partial charge is 0.335 e. The fourth-order valence-corrected chi connectivity index (χ4v) is 4.74. The van der Waals surface area contributed by atoms with Crippen molar-refractivity contribution in [2.75, 3.05) is 24.9 Å². The van der Waals surface area contributed by atoms with Crippen LogP contribution < -0.4 is 10.6 Å². The number of esters is 2. The molecule has 2 aromatic carbocycles. The van der Waals surface area contributed by atoms with Gasteiger partial charge in [-0.3, -0.25) is 0 Å². The highest BCUT2D eigenvalue weighted by molar-refractivity contribution is 5.97. The Bertz CT molecular complexity index is 1160. The summed E-state index contributed by atoms with van der Waals surface area (Å²) in [6.45, 7) is 12.2. The van der Waals surface area contributed by atoms with Crippen molar-refractivity contribution in [2.45, 2.75) is 54.0 Å². The van der Waals surface area contributed by atoms with Crippen molar-refractivity contribution in [1.29, 1.82) is 0 Å². The number of aryl methyl sites for hydroxylation is 6. The summed E-state index contributed by atoms with van der Waals surface area (Å²) in [7, 11) is 2.73. The molecule has 1 unspecified atom stereocenters. The molecule has 1 atom stereocenters. The zero-order valence-corrected chi connectivity index (χ0v) is 21.3. The highest BCUT2D eigenvalue weighted by Crippen LogP contribution is 2.33. The number of allylic oxidation sites excluding steroid dienone is 1. The molecule has 0 amide bonds. The molecule has 0 aromatic heterocycles. The topological polar surface area (TPSA) is 76.7 Å². The van der Waals surface area contributed by atoms with Crippen LogP contribution in [0.3, 0.4) is 0 Å². The van der Waals surface area contributed by atoms with Gasteiger partial charge in [0.1, 0.15) is 0 Å². The Balaban J connectivity index is 2.09. The van der Waals surface area contributed by atoms with Crippen LogP contribution >= 0.6 is 0 Å². The van der Waals surface area contributed by atoms with E-state index >= 15 is 0 Å². The molecule has 1 aliphatic carbocycles. The summed E-state index contributed by atoms with van der Waals surface area (Å²) in [5, 5.41) is 6.90. The molecule has 6 heteroatoms. The minimum Gasteiger partial charge on any atom is -0.466 e. The minimum atomic E-state index is -0.451. The molecule has 0 fully saturated rings. The summed E-state index contributed by atoms with van der Waals surface area (Å²) in [6.07, 6.45) is 1.98. The first kappa shape index (κ1) is 25.1. The highest BCUT2D eigenvalue weighted by Gasteiger charge is 2.32. The van der Waals surface area contributed by atoms with Crippen molar-refractivity contribution in [2.24, 2.45) is 0 Å². The summed E-state index contributed by atoms with van der Waals surface area (Å²) in [4.78, 5) is 25.6. The molecule has 34 heavy (non-hydrogen) atoms. The van der Waals surface area contributed by atoms with Crippen LogP contribution in [0.15, 0.2) is 47.2 Å². The largest absolute Gasteiger partial charge is 0.466 e. The van der Waals surface area contributed by atoms with E-state index in [0.29, 0.717) is 16.8 Å². The number of hydrogen-bond donors (Lipinski definition) is 2. The van der Waals surface area contributed by atoms with Crippen molar-refractivity contribution >= 4 is 23.3 Å². The standard InChI is InChI=1S/C28H34N2O4/c1-15-9-17(3)25(18(4)10-15)29-23-13-22(28(32)34-8)24(14-21(23)27(31)33-7)30-26-19(5)11-16(2)12-20(26)6/h9-13,24,29-30H,14H2,1-8H3. The van der Waals surface area contributed by atoms with Gasteiger partial charge in [-0.2, -0.15) is 0 Å². The average molecular weight is 463 g/mol. The minimum absolute atomic E-state index is 0.270. The van der Waals surface area contributed by atoms with Gasteiger partial charge < -0.3 is 20.1 Å². The Labute approximate surface area is 202 Å². The first-order valence-electron chi connectivity index (χ1n) is 11.4. The molecular weight excluding hydrogens is 428 g/mol. The normalized spacial score (nSPS) is 15.5. The molecule has 2 N–H and O–H groups in total. The lowest BCUT2D eigenvalue weighted by Gasteiger charge is -2.29. The fraction of sp³-hybridized carbons (Fsp3) is 0.357. The van der Waals surface area contributed by atoms with Crippen LogP contribution in [-0.2, 0) is 19.1 Å². The number of ether oxygens (including phenoxy) is 2. The number of rotatable bonds is 6. The summed E-state index contributed by atoms with van der Waals surface area (Å²) in [5.74, 6) is -0.880. The van der Waals surface area contributed by atoms with Crippen LogP contribution in [0.2, 0.25) is 0 Å². The van der Waals surface area contributed by atoms with E-state index in [9.17, 15) is 9.59 Å². The van der Waals surface area contributed by atoms with Gasteiger partial charge in [0, 0.05) is 23.5 Å². The molecule has 0 saturated carbocycles. The van der Waals surface area contributed by atoms with E-state index in [1.54, 1.807) is 6.08 Å². The van der Waals surface area contributed by atoms with E-state index < -0.39 is 18.0 Å². The third kappa shape index (κ3) is 5.16. The number of methoxy groups -OCH3 is 2. The zero-order chi connectivity index (χ0) is 25.2. The Kier molecular flexibility index (Phi) is 7.50. The van der Waals surface area contributed by atoms with Gasteiger partial charge in [0.15, 0.2) is 0 Å². The third-order valence-corrected chi connectivity index (χ3v) is 6.19. The van der Waals surface area contributed by atoms with Gasteiger partial charge in [-0.1, -0.05) is 35.4 Å². The molecule has 2 aromatic rings. The summed E-state index contributed by atoms with van der Waals surface area (Å²) >= 11 is 0. The average Bonchev–Trinajstić information content (AvgIpc) is 2.77. The van der Waals surface area contributed by atoms with Gasteiger partial charge in [0.25, 0.3) is 0 Å². The molecule has 0 spiro atoms. The molecular formula is C28H34N2O4. The first-order chi connectivity index (χ1) is 16.0. The predicted molar refractivity (Wildman–Crippen MR) is 136 cm³/mol. The lowest BCUT2D eigenvalue weighted by atomic mass is 9.89. The molecule has 180 valence electrons. The van der Waals surface area contributed by atoms with Gasteiger partial charge in [-0.05, 0) is 69.9 Å². The second-order valence-corrected chi connectivity index (χ2v) is 9.05. The van der Waals surface area contributed by atoms with Crippen LogP contribution in [0.4, 0.5) is 11.4 Å². The van der Waals surface area contributed by atoms with Gasteiger partial charge in [-0.15, -0.1) is 0 Å². The zero-order valence-electron chi connectivity index (χ0n) is 21.3. The van der Waals surface area contributed by atoms with Crippen LogP contribution in [0.1, 0.15) is 39.8 Å². The molecule has 0 heterocycles. The molecule has 0 bridgehead atoms.